The van der Waals surface area contributed by atoms with E-state index in [1.165, 1.54) is 0 Å². The molecule has 1 heterocycles. The maximum atomic E-state index is 11.1. The van der Waals surface area contributed by atoms with Crippen LogP contribution >= 0.6 is 0 Å². The second-order valence-electron chi connectivity index (χ2n) is 5.08. The van der Waals surface area contributed by atoms with Crippen LogP contribution in [-0.4, -0.2) is 34.6 Å². The number of aliphatic carboxylic acids is 1. The second kappa shape index (κ2) is 7.55. The van der Waals surface area contributed by atoms with Gasteiger partial charge in [-0.2, -0.15) is 0 Å². The fourth-order valence-electron chi connectivity index (χ4n) is 2.36. The Morgan fingerprint density at radius 1 is 1.19 bits per heavy atom. The van der Waals surface area contributed by atoms with E-state index in [1.54, 1.807) is 6.20 Å². The Bertz CT molecular complexity index is 558. The van der Waals surface area contributed by atoms with Crippen LogP contribution in [0, 0.1) is 0 Å². The molecule has 0 amide bonds. The molecule has 0 aliphatic carbocycles. The highest BCUT2D eigenvalue weighted by molar-refractivity contribution is 5.67. The first-order valence-corrected chi connectivity index (χ1v) is 7.03. The third-order valence-corrected chi connectivity index (χ3v) is 3.53. The van der Waals surface area contributed by atoms with Crippen molar-refractivity contribution in [3.8, 4) is 0 Å². The highest BCUT2D eigenvalue weighted by Gasteiger charge is 2.20. The molecule has 0 fully saturated rings. The van der Waals surface area contributed by atoms with Gasteiger partial charge in [0.2, 0.25) is 0 Å². The number of carboxylic acid groups (broad SMARTS) is 1. The van der Waals surface area contributed by atoms with Gasteiger partial charge < -0.3 is 5.11 Å². The summed E-state index contributed by atoms with van der Waals surface area (Å²) in [4.78, 5) is 17.5. The van der Waals surface area contributed by atoms with E-state index < -0.39 is 5.97 Å². The lowest BCUT2D eigenvalue weighted by Crippen LogP contribution is -2.28. The smallest absolute Gasteiger partial charge is 0.305 e. The quantitative estimate of drug-likeness (QED) is 0.849. The van der Waals surface area contributed by atoms with Crippen LogP contribution in [0.25, 0.3) is 0 Å². The first kappa shape index (κ1) is 15.2. The van der Waals surface area contributed by atoms with Crippen LogP contribution < -0.4 is 0 Å². The van der Waals surface area contributed by atoms with Gasteiger partial charge in [0, 0.05) is 30.9 Å². The maximum absolute atomic E-state index is 11.1. The SMILES string of the molecule is CN(CCc1ccccn1)C(CC(=O)O)c1ccccc1. The van der Waals surface area contributed by atoms with Crippen LogP contribution in [-0.2, 0) is 11.2 Å². The average molecular weight is 284 g/mol. The fraction of sp³-hybridized carbons (Fsp3) is 0.294. The van der Waals surface area contributed by atoms with Gasteiger partial charge in [-0.05, 0) is 24.7 Å². The van der Waals surface area contributed by atoms with Crippen molar-refractivity contribution >= 4 is 5.97 Å². The summed E-state index contributed by atoms with van der Waals surface area (Å²) in [5, 5.41) is 9.14. The molecule has 1 N–H and O–H groups in total. The first-order chi connectivity index (χ1) is 10.2. The van der Waals surface area contributed by atoms with Gasteiger partial charge in [0.05, 0.1) is 6.42 Å². The highest BCUT2D eigenvalue weighted by atomic mass is 16.4. The predicted octanol–water partition coefficient (Wildman–Crippen LogP) is 2.77. The van der Waals surface area contributed by atoms with Crippen molar-refractivity contribution in [2.24, 2.45) is 0 Å². The van der Waals surface area contributed by atoms with Crippen LogP contribution in [0.3, 0.4) is 0 Å². The van der Waals surface area contributed by atoms with Crippen LogP contribution in [0.5, 0.6) is 0 Å². The zero-order valence-corrected chi connectivity index (χ0v) is 12.1. The number of pyridine rings is 1. The van der Waals surface area contributed by atoms with Crippen LogP contribution in [0.2, 0.25) is 0 Å². The molecule has 0 saturated heterocycles. The normalized spacial score (nSPS) is 12.3. The molecular weight excluding hydrogens is 264 g/mol. The highest BCUT2D eigenvalue weighted by Crippen LogP contribution is 2.23. The zero-order valence-electron chi connectivity index (χ0n) is 12.1. The lowest BCUT2D eigenvalue weighted by Gasteiger charge is -2.27. The van der Waals surface area contributed by atoms with E-state index in [1.807, 2.05) is 55.6 Å². The molecule has 0 aliphatic rings. The predicted molar refractivity (Wildman–Crippen MR) is 82.0 cm³/mol. The molecule has 2 aromatic rings. The third kappa shape index (κ3) is 4.68. The number of carboxylic acids is 1. The summed E-state index contributed by atoms with van der Waals surface area (Å²) < 4.78 is 0. The number of rotatable bonds is 7. The van der Waals surface area contributed by atoms with Crippen molar-refractivity contribution in [3.05, 3.63) is 66.0 Å². The molecule has 1 atom stereocenters. The number of likely N-dealkylation sites (N-methyl/N-ethyl adjacent to an activating group) is 1. The standard InChI is InChI=1S/C17H20N2O2/c1-19(12-10-15-9-5-6-11-18-15)16(13-17(20)21)14-7-3-2-4-8-14/h2-9,11,16H,10,12-13H2,1H3,(H,20,21). The first-order valence-electron chi connectivity index (χ1n) is 7.03. The van der Waals surface area contributed by atoms with Crippen molar-refractivity contribution in [2.45, 2.75) is 18.9 Å². The summed E-state index contributed by atoms with van der Waals surface area (Å²) in [5.41, 5.74) is 2.05. The molecule has 1 aromatic carbocycles. The number of hydrogen-bond acceptors (Lipinski definition) is 3. The van der Waals surface area contributed by atoms with Gasteiger partial charge in [-0.25, -0.2) is 0 Å². The van der Waals surface area contributed by atoms with Gasteiger partial charge >= 0.3 is 5.97 Å². The Morgan fingerprint density at radius 3 is 2.52 bits per heavy atom. The number of carbonyl (C=O) groups is 1. The van der Waals surface area contributed by atoms with Gasteiger partial charge in [0.15, 0.2) is 0 Å². The zero-order chi connectivity index (χ0) is 15.1. The number of aromatic nitrogens is 1. The molecule has 4 heteroatoms. The lowest BCUT2D eigenvalue weighted by atomic mass is 10.0. The molecule has 110 valence electrons. The molecule has 4 nitrogen and oxygen atoms in total. The topological polar surface area (TPSA) is 53.4 Å². The Hall–Kier alpha value is -2.20. The minimum Gasteiger partial charge on any atom is -0.481 e. The van der Waals surface area contributed by atoms with E-state index in [-0.39, 0.29) is 12.5 Å². The van der Waals surface area contributed by atoms with Crippen molar-refractivity contribution in [3.63, 3.8) is 0 Å². The number of benzene rings is 1. The van der Waals surface area contributed by atoms with E-state index in [4.69, 9.17) is 5.11 Å². The van der Waals surface area contributed by atoms with Crippen LogP contribution in [0.1, 0.15) is 23.7 Å². The van der Waals surface area contributed by atoms with E-state index in [9.17, 15) is 4.79 Å². The maximum Gasteiger partial charge on any atom is 0.305 e. The van der Waals surface area contributed by atoms with Crippen LogP contribution in [0.15, 0.2) is 54.7 Å². The molecule has 0 aliphatic heterocycles. The molecule has 2 rings (SSSR count). The molecule has 0 spiro atoms. The van der Waals surface area contributed by atoms with E-state index in [0.29, 0.717) is 0 Å². The summed E-state index contributed by atoms with van der Waals surface area (Å²) in [5.74, 6) is -0.784. The van der Waals surface area contributed by atoms with Gasteiger partial charge in [-0.1, -0.05) is 36.4 Å². The fourth-order valence-corrected chi connectivity index (χ4v) is 2.36. The van der Waals surface area contributed by atoms with E-state index in [2.05, 4.69) is 9.88 Å². The average Bonchev–Trinajstić information content (AvgIpc) is 2.52. The van der Waals surface area contributed by atoms with Crippen molar-refractivity contribution in [1.29, 1.82) is 0 Å². The number of nitrogens with zero attached hydrogens (tertiary/aromatic N) is 2. The summed E-state index contributed by atoms with van der Waals surface area (Å²) in [7, 11) is 1.96. The van der Waals surface area contributed by atoms with Gasteiger partial charge in [-0.15, -0.1) is 0 Å². The van der Waals surface area contributed by atoms with Gasteiger partial charge in [0.25, 0.3) is 0 Å². The Morgan fingerprint density at radius 2 is 1.90 bits per heavy atom. The lowest BCUT2D eigenvalue weighted by molar-refractivity contribution is -0.138. The summed E-state index contributed by atoms with van der Waals surface area (Å²) >= 11 is 0. The van der Waals surface area contributed by atoms with Gasteiger partial charge in [0.1, 0.15) is 0 Å². The third-order valence-electron chi connectivity index (χ3n) is 3.53. The summed E-state index contributed by atoms with van der Waals surface area (Å²) in [6, 6.07) is 15.5. The molecule has 0 radical (unpaired) electrons. The van der Waals surface area contributed by atoms with Crippen molar-refractivity contribution < 1.29 is 9.90 Å². The Balaban J connectivity index is 2.04. The summed E-state index contributed by atoms with van der Waals surface area (Å²) in [6.07, 6.45) is 2.68. The minimum atomic E-state index is -0.784. The molecule has 0 bridgehead atoms. The molecule has 1 aromatic heterocycles. The van der Waals surface area contributed by atoms with Crippen molar-refractivity contribution in [2.75, 3.05) is 13.6 Å². The minimum absolute atomic E-state index is 0.0999. The van der Waals surface area contributed by atoms with E-state index >= 15 is 0 Å². The van der Waals surface area contributed by atoms with E-state index in [0.717, 1.165) is 24.2 Å². The Kier molecular flexibility index (Phi) is 5.46. The van der Waals surface area contributed by atoms with Gasteiger partial charge in [-0.3, -0.25) is 14.7 Å². The second-order valence-corrected chi connectivity index (χ2v) is 5.08. The molecule has 1 unspecified atom stereocenters. The summed E-state index contributed by atoms with van der Waals surface area (Å²) in [6.45, 7) is 0.768. The molecule has 0 saturated carbocycles. The largest absolute Gasteiger partial charge is 0.481 e. The molecular formula is C17H20N2O2. The van der Waals surface area contributed by atoms with Crippen molar-refractivity contribution in [1.82, 2.24) is 9.88 Å². The molecule has 21 heavy (non-hydrogen) atoms. The van der Waals surface area contributed by atoms with Crippen LogP contribution in [0.4, 0.5) is 0 Å². The monoisotopic (exact) mass is 284 g/mol. The Labute approximate surface area is 125 Å². The number of hydrogen-bond donors (Lipinski definition) is 1.